The molecular weight excluding hydrogens is 320 g/mol. The predicted octanol–water partition coefficient (Wildman–Crippen LogP) is -1.17. The van der Waals surface area contributed by atoms with Crippen molar-refractivity contribution in [1.29, 1.82) is 0 Å². The number of hydrogen-bond donors (Lipinski definition) is 2. The number of rotatable bonds is 6. The van der Waals surface area contributed by atoms with Gasteiger partial charge in [0, 0.05) is 19.9 Å². The van der Waals surface area contributed by atoms with Gasteiger partial charge in [0.25, 0.3) is 0 Å². The fourth-order valence-corrected chi connectivity index (χ4v) is 2.69. The standard InChI is InChI=1S/C15H24N2O7/c1-8(14(21)23-3)5-11(15(22)24-4)16-13(20)12-6-10(19)7-17(12)9(2)18/h8,10-12,19H,5-7H2,1-4H3,(H,16,20)/t8-,10-,11-,12+/m1/s1. The summed E-state index contributed by atoms with van der Waals surface area (Å²) in [4.78, 5) is 48.6. The third kappa shape index (κ3) is 4.92. The predicted molar refractivity (Wildman–Crippen MR) is 81.5 cm³/mol. The summed E-state index contributed by atoms with van der Waals surface area (Å²) in [6.07, 6.45) is -0.707. The van der Waals surface area contributed by atoms with Gasteiger partial charge in [-0.1, -0.05) is 6.92 Å². The van der Waals surface area contributed by atoms with Crippen molar-refractivity contribution in [3.05, 3.63) is 0 Å². The van der Waals surface area contributed by atoms with Crippen molar-refractivity contribution in [2.45, 2.75) is 44.9 Å². The Morgan fingerprint density at radius 3 is 2.29 bits per heavy atom. The second kappa shape index (κ2) is 8.62. The molecule has 1 saturated heterocycles. The maximum atomic E-state index is 12.4. The van der Waals surface area contributed by atoms with E-state index in [0.717, 1.165) is 0 Å². The van der Waals surface area contributed by atoms with E-state index in [4.69, 9.17) is 0 Å². The molecule has 24 heavy (non-hydrogen) atoms. The molecule has 1 fully saturated rings. The largest absolute Gasteiger partial charge is 0.469 e. The van der Waals surface area contributed by atoms with Crippen molar-refractivity contribution in [2.24, 2.45) is 5.92 Å². The summed E-state index contributed by atoms with van der Waals surface area (Å²) in [6, 6.07) is -1.92. The molecule has 0 radical (unpaired) electrons. The molecule has 1 heterocycles. The van der Waals surface area contributed by atoms with Crippen LogP contribution in [-0.4, -0.2) is 72.7 Å². The SMILES string of the molecule is COC(=O)[C@H](C)C[C@@H](NC(=O)[C@@H]1C[C@@H](O)CN1C(C)=O)C(=O)OC. The van der Waals surface area contributed by atoms with E-state index in [9.17, 15) is 24.3 Å². The molecule has 9 heteroatoms. The molecule has 136 valence electrons. The number of β-amino-alcohol motifs (C(OH)–C–C–N with tert-alkyl or cyclic N) is 1. The Kier molecular flexibility index (Phi) is 7.15. The molecule has 0 aromatic carbocycles. The van der Waals surface area contributed by atoms with Crippen LogP contribution in [-0.2, 0) is 28.7 Å². The van der Waals surface area contributed by atoms with E-state index in [1.807, 2.05) is 0 Å². The Labute approximate surface area is 140 Å². The summed E-state index contributed by atoms with van der Waals surface area (Å²) in [5.74, 6) is -2.76. The molecule has 1 rings (SSSR count). The van der Waals surface area contributed by atoms with E-state index in [1.165, 1.54) is 26.0 Å². The fraction of sp³-hybridized carbons (Fsp3) is 0.733. The number of nitrogens with one attached hydrogen (secondary N) is 1. The summed E-state index contributed by atoms with van der Waals surface area (Å²) in [5, 5.41) is 12.2. The zero-order valence-corrected chi connectivity index (χ0v) is 14.3. The highest BCUT2D eigenvalue weighted by atomic mass is 16.5. The lowest BCUT2D eigenvalue weighted by Crippen LogP contribution is -2.51. The van der Waals surface area contributed by atoms with Crippen LogP contribution >= 0.6 is 0 Å². The number of hydrogen-bond acceptors (Lipinski definition) is 7. The van der Waals surface area contributed by atoms with Gasteiger partial charge in [0.1, 0.15) is 12.1 Å². The van der Waals surface area contributed by atoms with Crippen molar-refractivity contribution >= 4 is 23.8 Å². The van der Waals surface area contributed by atoms with Crippen LogP contribution in [0.4, 0.5) is 0 Å². The minimum absolute atomic E-state index is 0.000428. The molecule has 0 aromatic heterocycles. The second-order valence-corrected chi connectivity index (χ2v) is 5.82. The van der Waals surface area contributed by atoms with E-state index >= 15 is 0 Å². The number of ether oxygens (including phenoxy) is 2. The molecule has 0 saturated carbocycles. The van der Waals surface area contributed by atoms with Crippen LogP contribution in [0.3, 0.4) is 0 Å². The number of aliphatic hydroxyl groups is 1. The van der Waals surface area contributed by atoms with Gasteiger partial charge in [-0.3, -0.25) is 14.4 Å². The van der Waals surface area contributed by atoms with Crippen molar-refractivity contribution in [3.8, 4) is 0 Å². The highest BCUT2D eigenvalue weighted by Crippen LogP contribution is 2.19. The zero-order valence-electron chi connectivity index (χ0n) is 14.3. The molecule has 2 amide bonds. The number of likely N-dealkylation sites (tertiary alicyclic amines) is 1. The van der Waals surface area contributed by atoms with Crippen LogP contribution in [0.25, 0.3) is 0 Å². The highest BCUT2D eigenvalue weighted by Gasteiger charge is 2.39. The molecule has 4 atom stereocenters. The molecule has 1 aliphatic heterocycles. The second-order valence-electron chi connectivity index (χ2n) is 5.82. The lowest BCUT2D eigenvalue weighted by molar-refractivity contribution is -0.149. The maximum absolute atomic E-state index is 12.4. The molecule has 0 aliphatic carbocycles. The minimum atomic E-state index is -1.05. The van der Waals surface area contributed by atoms with E-state index < -0.39 is 42.0 Å². The van der Waals surface area contributed by atoms with Gasteiger partial charge in [0.05, 0.1) is 26.2 Å². The summed E-state index contributed by atoms with van der Waals surface area (Å²) < 4.78 is 9.25. The molecule has 2 N–H and O–H groups in total. The first-order chi connectivity index (χ1) is 11.2. The quantitative estimate of drug-likeness (QED) is 0.582. The first-order valence-electron chi connectivity index (χ1n) is 7.62. The number of carbonyl (C=O) groups is 4. The lowest BCUT2D eigenvalue weighted by Gasteiger charge is -2.25. The molecular formula is C15H24N2O7. The van der Waals surface area contributed by atoms with Crippen LogP contribution in [0.1, 0.15) is 26.7 Å². The monoisotopic (exact) mass is 344 g/mol. The minimum Gasteiger partial charge on any atom is -0.469 e. The topological polar surface area (TPSA) is 122 Å². The smallest absolute Gasteiger partial charge is 0.328 e. The molecule has 0 bridgehead atoms. The summed E-state index contributed by atoms with van der Waals surface area (Å²) in [5.41, 5.74) is 0. The number of aliphatic hydroxyl groups excluding tert-OH is 1. The van der Waals surface area contributed by atoms with Gasteiger partial charge in [-0.25, -0.2) is 4.79 Å². The van der Waals surface area contributed by atoms with Gasteiger partial charge in [-0.2, -0.15) is 0 Å². The van der Waals surface area contributed by atoms with E-state index in [0.29, 0.717) is 0 Å². The van der Waals surface area contributed by atoms with E-state index in [2.05, 4.69) is 14.8 Å². The summed E-state index contributed by atoms with van der Waals surface area (Å²) >= 11 is 0. The number of amides is 2. The zero-order chi connectivity index (χ0) is 18.4. The summed E-state index contributed by atoms with van der Waals surface area (Å²) in [7, 11) is 2.40. The first kappa shape index (κ1) is 19.9. The number of nitrogens with zero attached hydrogens (tertiary/aromatic N) is 1. The first-order valence-corrected chi connectivity index (χ1v) is 7.62. The van der Waals surface area contributed by atoms with Crippen LogP contribution in [0.15, 0.2) is 0 Å². The molecule has 1 aliphatic rings. The third-order valence-electron chi connectivity index (χ3n) is 3.98. The van der Waals surface area contributed by atoms with Gasteiger partial charge in [-0.15, -0.1) is 0 Å². The Balaban J connectivity index is 2.82. The van der Waals surface area contributed by atoms with Crippen molar-refractivity contribution in [2.75, 3.05) is 20.8 Å². The van der Waals surface area contributed by atoms with E-state index in [1.54, 1.807) is 6.92 Å². The van der Waals surface area contributed by atoms with Crippen LogP contribution in [0.2, 0.25) is 0 Å². The van der Waals surface area contributed by atoms with Crippen molar-refractivity contribution < 1.29 is 33.8 Å². The Bertz CT molecular complexity index is 508. The normalized spacial score (nSPS) is 22.5. The van der Waals surface area contributed by atoms with Crippen molar-refractivity contribution in [3.63, 3.8) is 0 Å². The van der Waals surface area contributed by atoms with Crippen LogP contribution in [0.5, 0.6) is 0 Å². The maximum Gasteiger partial charge on any atom is 0.328 e. The molecule has 0 spiro atoms. The van der Waals surface area contributed by atoms with E-state index in [-0.39, 0.29) is 25.3 Å². The number of methoxy groups -OCH3 is 2. The van der Waals surface area contributed by atoms with Gasteiger partial charge in [0.15, 0.2) is 0 Å². The van der Waals surface area contributed by atoms with Crippen LogP contribution in [0, 0.1) is 5.92 Å². The van der Waals surface area contributed by atoms with Crippen molar-refractivity contribution in [1.82, 2.24) is 10.2 Å². The summed E-state index contributed by atoms with van der Waals surface area (Å²) in [6.45, 7) is 2.93. The van der Waals surface area contributed by atoms with Gasteiger partial charge in [0.2, 0.25) is 11.8 Å². The average molecular weight is 344 g/mol. The van der Waals surface area contributed by atoms with Crippen LogP contribution < -0.4 is 5.32 Å². The van der Waals surface area contributed by atoms with Gasteiger partial charge < -0.3 is 24.8 Å². The lowest BCUT2D eigenvalue weighted by atomic mass is 10.0. The fourth-order valence-electron chi connectivity index (χ4n) is 2.69. The number of carbonyl (C=O) groups excluding carboxylic acids is 4. The van der Waals surface area contributed by atoms with Gasteiger partial charge in [-0.05, 0) is 6.42 Å². The Morgan fingerprint density at radius 1 is 1.21 bits per heavy atom. The Morgan fingerprint density at radius 2 is 1.79 bits per heavy atom. The average Bonchev–Trinajstić information content (AvgIpc) is 2.94. The van der Waals surface area contributed by atoms with Gasteiger partial charge >= 0.3 is 11.9 Å². The number of esters is 2. The molecule has 9 nitrogen and oxygen atoms in total. The molecule has 0 aromatic rings. The molecule has 0 unspecified atom stereocenters. The highest BCUT2D eigenvalue weighted by molar-refractivity contribution is 5.91. The third-order valence-corrected chi connectivity index (χ3v) is 3.98. The Hall–Kier alpha value is -2.16.